The molecule has 0 heterocycles. The third-order valence-corrected chi connectivity index (χ3v) is 3.42. The van der Waals surface area contributed by atoms with Crippen molar-refractivity contribution in [3.8, 4) is 11.1 Å². The summed E-state index contributed by atoms with van der Waals surface area (Å²) in [6.07, 6.45) is -0.691. The molecule has 3 N–H and O–H groups in total. The molecule has 21 heavy (non-hydrogen) atoms. The smallest absolute Gasteiger partial charge is 0.336 e. The molecule has 0 saturated heterocycles. The first kappa shape index (κ1) is 15.4. The van der Waals surface area contributed by atoms with E-state index in [1.165, 1.54) is 0 Å². The maximum Gasteiger partial charge on any atom is 0.336 e. The van der Waals surface area contributed by atoms with Crippen LogP contribution in [0.1, 0.15) is 10.4 Å². The molecular formula is C16H16ClNO3. The number of aliphatic hydroxyl groups excluding tert-OH is 1. The predicted molar refractivity (Wildman–Crippen MR) is 84.1 cm³/mol. The largest absolute Gasteiger partial charge is 0.478 e. The number of nitrogens with one attached hydrogen (secondary N) is 1. The second-order valence-electron chi connectivity index (χ2n) is 4.59. The Morgan fingerprint density at radius 1 is 1.14 bits per heavy atom. The van der Waals surface area contributed by atoms with Crippen LogP contribution in [0.15, 0.2) is 48.5 Å². The second kappa shape index (κ2) is 7.11. The molecule has 0 spiro atoms. The molecule has 0 aliphatic heterocycles. The fraction of sp³-hybridized carbons (Fsp3) is 0.188. The Kier molecular flexibility index (Phi) is 5.20. The summed E-state index contributed by atoms with van der Waals surface area (Å²) in [6, 6.07) is 14.3. The number of carboxylic acids is 1. The van der Waals surface area contributed by atoms with E-state index in [2.05, 4.69) is 5.32 Å². The molecular weight excluding hydrogens is 290 g/mol. The molecule has 0 bridgehead atoms. The fourth-order valence-corrected chi connectivity index (χ4v) is 2.19. The van der Waals surface area contributed by atoms with Crippen molar-refractivity contribution >= 4 is 23.3 Å². The Labute approximate surface area is 128 Å². The minimum atomic E-state index is -0.990. The van der Waals surface area contributed by atoms with Gasteiger partial charge >= 0.3 is 5.97 Å². The van der Waals surface area contributed by atoms with Gasteiger partial charge < -0.3 is 15.5 Å². The van der Waals surface area contributed by atoms with Gasteiger partial charge in [0.25, 0.3) is 0 Å². The highest BCUT2D eigenvalue weighted by atomic mass is 35.5. The number of benzene rings is 2. The van der Waals surface area contributed by atoms with Crippen LogP contribution in [0.25, 0.3) is 11.1 Å². The first-order valence-electron chi connectivity index (χ1n) is 6.53. The van der Waals surface area contributed by atoms with E-state index in [-0.39, 0.29) is 18.0 Å². The van der Waals surface area contributed by atoms with Gasteiger partial charge in [-0.25, -0.2) is 4.79 Å². The number of halogens is 1. The molecule has 0 amide bonds. The standard InChI is InChI=1S/C16H16ClNO3/c17-9-12(19)10-18-14-8-4-7-13(16(20)21)15(14)11-5-2-1-3-6-11/h1-8,12,18-19H,9-10H2,(H,20,21). The van der Waals surface area contributed by atoms with E-state index in [0.29, 0.717) is 11.3 Å². The molecule has 0 radical (unpaired) electrons. The van der Waals surface area contributed by atoms with Crippen molar-refractivity contribution in [1.29, 1.82) is 0 Å². The Morgan fingerprint density at radius 3 is 2.48 bits per heavy atom. The zero-order valence-corrected chi connectivity index (χ0v) is 12.0. The molecule has 2 aromatic rings. The number of anilines is 1. The Bertz CT molecular complexity index is 616. The van der Waals surface area contributed by atoms with Crippen molar-refractivity contribution in [2.75, 3.05) is 17.7 Å². The van der Waals surface area contributed by atoms with E-state index < -0.39 is 12.1 Å². The molecule has 2 rings (SSSR count). The Morgan fingerprint density at radius 2 is 1.86 bits per heavy atom. The normalized spacial score (nSPS) is 11.9. The van der Waals surface area contributed by atoms with Crippen LogP contribution in [-0.4, -0.2) is 34.7 Å². The van der Waals surface area contributed by atoms with Crippen molar-refractivity contribution < 1.29 is 15.0 Å². The molecule has 2 aromatic carbocycles. The molecule has 110 valence electrons. The molecule has 0 saturated carbocycles. The molecule has 0 aliphatic rings. The topological polar surface area (TPSA) is 69.6 Å². The number of aliphatic hydroxyl groups is 1. The summed E-state index contributed by atoms with van der Waals surface area (Å²) >= 11 is 5.57. The number of rotatable bonds is 6. The summed E-state index contributed by atoms with van der Waals surface area (Å²) in [5, 5.41) is 22.0. The third-order valence-electron chi connectivity index (χ3n) is 3.06. The molecule has 0 aliphatic carbocycles. The van der Waals surface area contributed by atoms with E-state index in [1.54, 1.807) is 18.2 Å². The average Bonchev–Trinajstić information content (AvgIpc) is 2.52. The summed E-state index contributed by atoms with van der Waals surface area (Å²) in [7, 11) is 0. The zero-order chi connectivity index (χ0) is 15.2. The quantitative estimate of drug-likeness (QED) is 0.717. The van der Waals surface area contributed by atoms with Gasteiger partial charge in [0, 0.05) is 17.8 Å². The van der Waals surface area contributed by atoms with Gasteiger partial charge in [0.2, 0.25) is 0 Å². The van der Waals surface area contributed by atoms with Crippen molar-refractivity contribution in [3.05, 3.63) is 54.1 Å². The summed E-state index contributed by atoms with van der Waals surface area (Å²) < 4.78 is 0. The molecule has 0 fully saturated rings. The Hall–Kier alpha value is -2.04. The van der Waals surface area contributed by atoms with Crippen molar-refractivity contribution in [3.63, 3.8) is 0 Å². The zero-order valence-electron chi connectivity index (χ0n) is 11.3. The maximum absolute atomic E-state index is 11.4. The van der Waals surface area contributed by atoms with Crippen molar-refractivity contribution in [1.82, 2.24) is 0 Å². The first-order valence-corrected chi connectivity index (χ1v) is 7.06. The van der Waals surface area contributed by atoms with E-state index in [4.69, 9.17) is 11.6 Å². The molecule has 1 unspecified atom stereocenters. The lowest BCUT2D eigenvalue weighted by atomic mass is 9.97. The highest BCUT2D eigenvalue weighted by Crippen LogP contribution is 2.31. The lowest BCUT2D eigenvalue weighted by Crippen LogP contribution is -2.21. The monoisotopic (exact) mass is 305 g/mol. The maximum atomic E-state index is 11.4. The van der Waals surface area contributed by atoms with E-state index in [0.717, 1.165) is 5.56 Å². The van der Waals surface area contributed by atoms with Crippen molar-refractivity contribution in [2.24, 2.45) is 0 Å². The van der Waals surface area contributed by atoms with Gasteiger partial charge in [-0.2, -0.15) is 0 Å². The van der Waals surface area contributed by atoms with E-state index in [9.17, 15) is 15.0 Å². The lowest BCUT2D eigenvalue weighted by Gasteiger charge is -2.16. The van der Waals surface area contributed by atoms with Gasteiger partial charge in [-0.3, -0.25) is 0 Å². The average molecular weight is 306 g/mol. The van der Waals surface area contributed by atoms with Crippen molar-refractivity contribution in [2.45, 2.75) is 6.10 Å². The summed E-state index contributed by atoms with van der Waals surface area (Å²) in [4.78, 5) is 11.4. The minimum Gasteiger partial charge on any atom is -0.478 e. The highest BCUT2D eigenvalue weighted by molar-refractivity contribution is 6.18. The van der Waals surface area contributed by atoms with Crippen LogP contribution in [0.4, 0.5) is 5.69 Å². The predicted octanol–water partition coefficient (Wildman–Crippen LogP) is 3.06. The first-order chi connectivity index (χ1) is 10.1. The van der Waals surface area contributed by atoms with Crippen LogP contribution in [0.2, 0.25) is 0 Å². The van der Waals surface area contributed by atoms with Gasteiger partial charge in [0.15, 0.2) is 0 Å². The minimum absolute atomic E-state index is 0.117. The molecule has 0 aromatic heterocycles. The number of hydrogen-bond donors (Lipinski definition) is 3. The van der Waals surface area contributed by atoms with Gasteiger partial charge in [-0.1, -0.05) is 36.4 Å². The van der Waals surface area contributed by atoms with Gasteiger partial charge in [0.1, 0.15) is 0 Å². The third kappa shape index (κ3) is 3.74. The summed E-state index contributed by atoms with van der Waals surface area (Å²) in [6.45, 7) is 0.256. The molecule has 5 heteroatoms. The Balaban J connectivity index is 2.45. The van der Waals surface area contributed by atoms with Gasteiger partial charge in [-0.05, 0) is 17.7 Å². The van der Waals surface area contributed by atoms with Crippen LogP contribution in [0.3, 0.4) is 0 Å². The molecule has 1 atom stereocenters. The lowest BCUT2D eigenvalue weighted by molar-refractivity contribution is 0.0698. The molecule has 4 nitrogen and oxygen atoms in total. The van der Waals surface area contributed by atoms with Gasteiger partial charge in [0.05, 0.1) is 17.5 Å². The highest BCUT2D eigenvalue weighted by Gasteiger charge is 2.16. The number of aromatic carboxylic acids is 1. The van der Waals surface area contributed by atoms with Gasteiger partial charge in [-0.15, -0.1) is 11.6 Å². The summed E-state index contributed by atoms with van der Waals surface area (Å²) in [5.74, 6) is -0.873. The number of carboxylic acid groups (broad SMARTS) is 1. The van der Waals surface area contributed by atoms with Crippen LogP contribution in [0.5, 0.6) is 0 Å². The van der Waals surface area contributed by atoms with E-state index in [1.807, 2.05) is 30.3 Å². The fourth-order valence-electron chi connectivity index (χ4n) is 2.08. The number of alkyl halides is 1. The SMILES string of the molecule is O=C(O)c1cccc(NCC(O)CCl)c1-c1ccccc1. The summed E-state index contributed by atoms with van der Waals surface area (Å²) in [5.41, 5.74) is 2.28. The van der Waals surface area contributed by atoms with Crippen LogP contribution < -0.4 is 5.32 Å². The van der Waals surface area contributed by atoms with Crippen LogP contribution in [-0.2, 0) is 0 Å². The second-order valence-corrected chi connectivity index (χ2v) is 4.90. The van der Waals surface area contributed by atoms with E-state index >= 15 is 0 Å². The number of carbonyl (C=O) groups is 1. The van der Waals surface area contributed by atoms with Crippen LogP contribution >= 0.6 is 11.6 Å². The number of hydrogen-bond acceptors (Lipinski definition) is 3. The van der Waals surface area contributed by atoms with Crippen LogP contribution in [0, 0.1) is 0 Å².